The van der Waals surface area contributed by atoms with Crippen LogP contribution < -0.4 is 33.9 Å². The number of rotatable bonds is 3. The van der Waals surface area contributed by atoms with Crippen LogP contribution in [0.5, 0.6) is 0 Å². The van der Waals surface area contributed by atoms with Gasteiger partial charge in [0.2, 0.25) is 11.4 Å². The molecule has 0 unspecified atom stereocenters. The zero-order chi connectivity index (χ0) is 17.9. The normalized spacial score (nSPS) is 9.93. The van der Waals surface area contributed by atoms with E-state index in [0.717, 1.165) is 20.3 Å². The zero-order valence-electron chi connectivity index (χ0n) is 14.6. The van der Waals surface area contributed by atoms with Crippen LogP contribution in [-0.4, -0.2) is 0 Å². The topological polar surface area (TPSA) is 7.76 Å². The minimum absolute atomic E-state index is 0. The highest BCUT2D eigenvalue weighted by molar-refractivity contribution is 9.10. The molecule has 6 heteroatoms. The van der Waals surface area contributed by atoms with E-state index in [4.69, 9.17) is 0 Å². The zero-order valence-corrected chi connectivity index (χ0v) is 19.3. The van der Waals surface area contributed by atoms with E-state index in [-0.39, 0.29) is 24.8 Å². The van der Waals surface area contributed by atoms with Crippen molar-refractivity contribution >= 4 is 31.9 Å². The molecule has 2 aromatic carbocycles. The van der Waals surface area contributed by atoms with Gasteiger partial charge in [0, 0.05) is 57.5 Å². The van der Waals surface area contributed by atoms with Crippen LogP contribution >= 0.6 is 31.9 Å². The van der Waals surface area contributed by atoms with Crippen LogP contribution in [0.15, 0.2) is 107 Å². The molecular weight excluding hydrogens is 523 g/mol. The van der Waals surface area contributed by atoms with Gasteiger partial charge in [0.1, 0.15) is 0 Å². The predicted molar refractivity (Wildman–Crippen MR) is 110 cm³/mol. The number of benzene rings is 2. The van der Waals surface area contributed by atoms with Crippen LogP contribution in [0.3, 0.4) is 0 Å². The molecule has 2 aromatic heterocycles. The van der Waals surface area contributed by atoms with Gasteiger partial charge < -0.3 is 24.8 Å². The molecule has 142 valence electrons. The number of nitrogens with zero attached hydrogens (tertiary/aromatic N) is 2. The minimum Gasteiger partial charge on any atom is -1.00 e. The van der Waals surface area contributed by atoms with Gasteiger partial charge in [-0.15, -0.1) is 0 Å². The van der Waals surface area contributed by atoms with Gasteiger partial charge in [-0.2, -0.15) is 9.13 Å². The number of aromatic nitrogens is 2. The number of halogens is 4. The SMILES string of the molecule is Brc1ccc(-[n+]2ccc(-c3cc[n+](-c4ccc(Br)cc4)cc3)cc2)cc1.[Cl-].[Cl-]. The molecule has 2 heterocycles. The summed E-state index contributed by atoms with van der Waals surface area (Å²) in [6.45, 7) is 0. The fourth-order valence-corrected chi connectivity index (χ4v) is 3.34. The highest BCUT2D eigenvalue weighted by Gasteiger charge is 2.09. The molecule has 0 N–H and O–H groups in total. The van der Waals surface area contributed by atoms with Crippen LogP contribution in [0.1, 0.15) is 0 Å². The second kappa shape index (κ2) is 10.2. The van der Waals surface area contributed by atoms with Gasteiger partial charge in [-0.25, -0.2) is 0 Å². The molecule has 0 saturated heterocycles. The first-order valence-corrected chi connectivity index (χ1v) is 9.82. The largest absolute Gasteiger partial charge is 1.00 e. The van der Waals surface area contributed by atoms with E-state index in [2.05, 4.69) is 114 Å². The van der Waals surface area contributed by atoms with E-state index < -0.39 is 0 Å². The highest BCUT2D eigenvalue weighted by atomic mass is 79.9. The van der Waals surface area contributed by atoms with E-state index in [9.17, 15) is 0 Å². The Hall–Kier alpha value is -1.72. The predicted octanol–water partition coefficient (Wildman–Crippen LogP) is -0.560. The summed E-state index contributed by atoms with van der Waals surface area (Å²) in [5.74, 6) is 0. The van der Waals surface area contributed by atoms with Crippen molar-refractivity contribution in [2.75, 3.05) is 0 Å². The third-order valence-electron chi connectivity index (χ3n) is 4.24. The van der Waals surface area contributed by atoms with Gasteiger partial charge in [-0.05, 0) is 35.4 Å². The van der Waals surface area contributed by atoms with Crippen LogP contribution in [0.4, 0.5) is 0 Å². The first-order chi connectivity index (χ1) is 12.7. The molecule has 0 radical (unpaired) electrons. The van der Waals surface area contributed by atoms with Crippen molar-refractivity contribution in [3.63, 3.8) is 0 Å². The standard InChI is InChI=1S/C22H16Br2N2.2ClH/c23-19-1-5-21(6-2-19)25-13-9-17(10-14-25)18-11-15-26(16-12-18)22-7-3-20(24)4-8-22;;/h1-16H;2*1H/q+2;;/p-2. The molecule has 0 bridgehead atoms. The van der Waals surface area contributed by atoms with Gasteiger partial charge in [0.15, 0.2) is 24.8 Å². The second-order valence-corrected chi connectivity index (χ2v) is 7.77. The lowest BCUT2D eigenvalue weighted by Gasteiger charge is -2.01. The number of hydrogen-bond acceptors (Lipinski definition) is 0. The number of pyridine rings is 2. The molecule has 4 aromatic rings. The fraction of sp³-hybridized carbons (Fsp3) is 0. The first-order valence-electron chi connectivity index (χ1n) is 8.24. The fourth-order valence-electron chi connectivity index (χ4n) is 2.81. The van der Waals surface area contributed by atoms with Crippen molar-refractivity contribution in [3.8, 4) is 22.5 Å². The maximum absolute atomic E-state index is 3.47. The summed E-state index contributed by atoms with van der Waals surface area (Å²) in [5, 5.41) is 0. The molecule has 0 spiro atoms. The third-order valence-corrected chi connectivity index (χ3v) is 5.30. The van der Waals surface area contributed by atoms with E-state index >= 15 is 0 Å². The Bertz CT molecular complexity index is 931. The van der Waals surface area contributed by atoms with Crippen LogP contribution in [0.2, 0.25) is 0 Å². The Labute approximate surface area is 194 Å². The lowest BCUT2D eigenvalue weighted by Crippen LogP contribution is -3.00. The average molecular weight is 539 g/mol. The molecule has 2 nitrogen and oxygen atoms in total. The van der Waals surface area contributed by atoms with E-state index in [1.165, 1.54) is 11.1 Å². The van der Waals surface area contributed by atoms with Gasteiger partial charge in [0.05, 0.1) is 0 Å². The van der Waals surface area contributed by atoms with Gasteiger partial charge in [0.25, 0.3) is 0 Å². The molecule has 0 aliphatic rings. The molecule has 0 fully saturated rings. The van der Waals surface area contributed by atoms with Gasteiger partial charge in [-0.1, -0.05) is 31.9 Å². The van der Waals surface area contributed by atoms with Crippen molar-refractivity contribution in [1.82, 2.24) is 0 Å². The van der Waals surface area contributed by atoms with Crippen molar-refractivity contribution in [3.05, 3.63) is 107 Å². The Morgan fingerprint density at radius 1 is 0.429 bits per heavy atom. The summed E-state index contributed by atoms with van der Waals surface area (Å²) in [7, 11) is 0. The summed E-state index contributed by atoms with van der Waals surface area (Å²) >= 11 is 6.95. The summed E-state index contributed by atoms with van der Waals surface area (Å²) in [6.07, 6.45) is 8.37. The lowest BCUT2D eigenvalue weighted by atomic mass is 10.1. The Morgan fingerprint density at radius 3 is 1.00 bits per heavy atom. The van der Waals surface area contributed by atoms with E-state index in [0.29, 0.717) is 0 Å². The monoisotopic (exact) mass is 536 g/mol. The van der Waals surface area contributed by atoms with Crippen molar-refractivity contribution in [2.24, 2.45) is 0 Å². The van der Waals surface area contributed by atoms with Gasteiger partial charge in [-0.3, -0.25) is 0 Å². The Morgan fingerprint density at radius 2 is 0.714 bits per heavy atom. The molecule has 0 atom stereocenters. The Balaban J connectivity index is 0.00000140. The highest BCUT2D eigenvalue weighted by Crippen LogP contribution is 2.17. The van der Waals surface area contributed by atoms with Crippen LogP contribution in [0.25, 0.3) is 22.5 Å². The smallest absolute Gasteiger partial charge is 0.210 e. The van der Waals surface area contributed by atoms with Crippen LogP contribution in [-0.2, 0) is 0 Å². The third kappa shape index (κ3) is 5.21. The molecule has 0 saturated carbocycles. The van der Waals surface area contributed by atoms with Crippen molar-refractivity contribution in [2.45, 2.75) is 0 Å². The Kier molecular flexibility index (Phi) is 8.20. The molecule has 0 aliphatic carbocycles. The molecule has 0 aliphatic heterocycles. The second-order valence-electron chi connectivity index (χ2n) is 5.94. The number of hydrogen-bond donors (Lipinski definition) is 0. The van der Waals surface area contributed by atoms with E-state index in [1.54, 1.807) is 0 Å². The molecular formula is C22H16Br2Cl2N2. The summed E-state index contributed by atoms with van der Waals surface area (Å²) in [5.41, 5.74) is 4.67. The molecule has 0 amide bonds. The van der Waals surface area contributed by atoms with Crippen LogP contribution in [0, 0.1) is 0 Å². The van der Waals surface area contributed by atoms with Crippen molar-refractivity contribution < 1.29 is 33.9 Å². The summed E-state index contributed by atoms with van der Waals surface area (Å²) in [6, 6.07) is 25.1. The first kappa shape index (κ1) is 22.6. The minimum atomic E-state index is 0. The van der Waals surface area contributed by atoms with Gasteiger partial charge >= 0.3 is 0 Å². The maximum Gasteiger partial charge on any atom is 0.210 e. The lowest BCUT2D eigenvalue weighted by molar-refractivity contribution is -0.596. The molecule has 28 heavy (non-hydrogen) atoms. The maximum atomic E-state index is 3.47. The van der Waals surface area contributed by atoms with E-state index in [1.807, 2.05) is 24.3 Å². The van der Waals surface area contributed by atoms with Crippen molar-refractivity contribution in [1.29, 1.82) is 0 Å². The average Bonchev–Trinajstić information content (AvgIpc) is 2.70. The summed E-state index contributed by atoms with van der Waals surface area (Å²) < 4.78 is 6.39. The summed E-state index contributed by atoms with van der Waals surface area (Å²) in [4.78, 5) is 0. The molecule has 4 rings (SSSR count). The quantitative estimate of drug-likeness (QED) is 0.309.